The fourth-order valence-corrected chi connectivity index (χ4v) is 4.39. The molecule has 8 nitrogen and oxygen atoms in total. The van der Waals surface area contributed by atoms with Gasteiger partial charge < -0.3 is 20.5 Å². The summed E-state index contributed by atoms with van der Waals surface area (Å²) in [5.74, 6) is 0.0779. The van der Waals surface area contributed by atoms with Crippen molar-refractivity contribution in [2.75, 3.05) is 31.1 Å². The first-order valence-corrected chi connectivity index (χ1v) is 11.0. The predicted octanol–water partition coefficient (Wildman–Crippen LogP) is 1.64. The van der Waals surface area contributed by atoms with Gasteiger partial charge >= 0.3 is 5.97 Å². The topological polar surface area (TPSA) is 105 Å². The average Bonchev–Trinajstić information content (AvgIpc) is 2.67. The first kappa shape index (κ1) is 22.8. The maximum atomic E-state index is 12.1. The minimum absolute atomic E-state index is 0.0764. The highest BCUT2D eigenvalue weighted by Crippen LogP contribution is 2.34. The molecule has 1 aromatic rings. The van der Waals surface area contributed by atoms with E-state index in [4.69, 9.17) is 22.7 Å². The smallest absolute Gasteiger partial charge is 0.309 e. The van der Waals surface area contributed by atoms with Crippen molar-refractivity contribution in [1.82, 2.24) is 14.9 Å². The van der Waals surface area contributed by atoms with Crippen LogP contribution in [0, 0.1) is 0 Å². The molecule has 1 aromatic heterocycles. The molecule has 0 spiro atoms. The zero-order valence-corrected chi connectivity index (χ0v) is 19.0. The van der Waals surface area contributed by atoms with Gasteiger partial charge in [-0.3, -0.25) is 9.69 Å². The Morgan fingerprint density at radius 1 is 1.23 bits per heavy atom. The number of hydrogen-bond acceptors (Lipinski definition) is 8. The number of thiocarbonyl (C=S) groups is 1. The molecule has 1 saturated heterocycles. The number of carbonyl (C=O) groups excluding carboxylic acids is 1. The number of ether oxygens (including phenoxy) is 1. The molecule has 9 heteroatoms. The largest absolute Gasteiger partial charge is 0.460 e. The van der Waals surface area contributed by atoms with Gasteiger partial charge in [0.25, 0.3) is 0 Å². The van der Waals surface area contributed by atoms with E-state index in [1.807, 2.05) is 20.8 Å². The van der Waals surface area contributed by atoms with E-state index in [-0.39, 0.29) is 17.4 Å². The first-order chi connectivity index (χ1) is 14.0. The number of nitrogens with zero attached hydrogens (tertiary/aromatic N) is 4. The summed E-state index contributed by atoms with van der Waals surface area (Å²) in [6, 6.07) is 0.444. The van der Waals surface area contributed by atoms with Crippen molar-refractivity contribution in [3.05, 3.63) is 18.2 Å². The molecule has 0 unspecified atom stereocenters. The summed E-state index contributed by atoms with van der Waals surface area (Å²) in [5.41, 5.74) is 5.07. The van der Waals surface area contributed by atoms with E-state index in [0.29, 0.717) is 24.7 Å². The molecule has 30 heavy (non-hydrogen) atoms. The number of aromatic nitrogens is 2. The van der Waals surface area contributed by atoms with Gasteiger partial charge in [-0.2, -0.15) is 0 Å². The number of hydrogen-bond donors (Lipinski definition) is 2. The Kier molecular flexibility index (Phi) is 6.94. The summed E-state index contributed by atoms with van der Waals surface area (Å²) in [6.45, 7) is 9.23. The van der Waals surface area contributed by atoms with E-state index >= 15 is 0 Å². The molecule has 2 aliphatic rings. The summed E-state index contributed by atoms with van der Waals surface area (Å²) in [6.07, 6.45) is 6.67. The van der Waals surface area contributed by atoms with Gasteiger partial charge in [0.15, 0.2) is 5.82 Å². The van der Waals surface area contributed by atoms with E-state index in [1.54, 1.807) is 12.4 Å². The molecule has 1 saturated carbocycles. The van der Waals surface area contributed by atoms with E-state index in [1.165, 1.54) is 0 Å². The SMILES string of the molecule is CC(C)(C)OC(=O)CC1(O)CCC(N2CCN(c3cnc(C(N)=S)nc3)CC2)CC1. The fourth-order valence-electron chi connectivity index (χ4n) is 4.29. The lowest BCUT2D eigenvalue weighted by molar-refractivity contribution is -0.162. The second-order valence-electron chi connectivity index (χ2n) is 9.37. The van der Waals surface area contributed by atoms with E-state index in [9.17, 15) is 9.90 Å². The van der Waals surface area contributed by atoms with Gasteiger partial charge in [0.1, 0.15) is 10.6 Å². The second-order valence-corrected chi connectivity index (χ2v) is 9.81. The van der Waals surface area contributed by atoms with E-state index in [2.05, 4.69) is 19.8 Å². The minimum atomic E-state index is -0.941. The van der Waals surface area contributed by atoms with Crippen LogP contribution in [-0.4, -0.2) is 74.4 Å². The molecule has 0 atom stereocenters. The summed E-state index contributed by atoms with van der Waals surface area (Å²) < 4.78 is 5.38. The number of aliphatic hydroxyl groups is 1. The monoisotopic (exact) mass is 435 g/mol. The fraction of sp³-hybridized carbons (Fsp3) is 0.714. The third-order valence-electron chi connectivity index (χ3n) is 5.83. The minimum Gasteiger partial charge on any atom is -0.460 e. The molecule has 2 fully saturated rings. The number of anilines is 1. The van der Waals surface area contributed by atoms with E-state index < -0.39 is 11.2 Å². The third-order valence-corrected chi connectivity index (χ3v) is 6.02. The van der Waals surface area contributed by atoms with Crippen LogP contribution in [-0.2, 0) is 9.53 Å². The second kappa shape index (κ2) is 9.11. The molecule has 1 aliphatic carbocycles. The van der Waals surface area contributed by atoms with Crippen molar-refractivity contribution in [3.8, 4) is 0 Å². The Morgan fingerprint density at radius 3 is 2.30 bits per heavy atom. The molecule has 0 radical (unpaired) electrons. The van der Waals surface area contributed by atoms with Crippen molar-refractivity contribution in [2.45, 2.75) is 70.1 Å². The summed E-state index contributed by atoms with van der Waals surface area (Å²) >= 11 is 4.90. The molecule has 0 bridgehead atoms. The van der Waals surface area contributed by atoms with Crippen LogP contribution in [0.3, 0.4) is 0 Å². The molecule has 166 valence electrons. The van der Waals surface area contributed by atoms with Gasteiger partial charge in [-0.1, -0.05) is 12.2 Å². The van der Waals surface area contributed by atoms with Gasteiger partial charge in [0.05, 0.1) is 30.1 Å². The molecule has 1 aliphatic heterocycles. The Bertz CT molecular complexity index is 749. The highest BCUT2D eigenvalue weighted by molar-refractivity contribution is 7.80. The maximum Gasteiger partial charge on any atom is 0.309 e. The molecular weight excluding hydrogens is 402 g/mol. The predicted molar refractivity (Wildman–Crippen MR) is 119 cm³/mol. The summed E-state index contributed by atoms with van der Waals surface area (Å²) in [7, 11) is 0. The van der Waals surface area contributed by atoms with Crippen LogP contribution in [0.15, 0.2) is 12.4 Å². The Balaban J connectivity index is 1.46. The number of piperazine rings is 1. The molecule has 2 heterocycles. The highest BCUT2D eigenvalue weighted by atomic mass is 32.1. The standard InChI is InChI=1S/C21H33N5O3S/c1-20(2,3)29-17(27)12-21(28)6-4-15(5-7-21)25-8-10-26(11-9-25)16-13-23-19(18(22)30)24-14-16/h13-15,28H,4-12H2,1-3H3,(H2,22,30). The molecule has 3 N–H and O–H groups in total. The summed E-state index contributed by atoms with van der Waals surface area (Å²) in [5, 5.41) is 10.8. The van der Waals surface area contributed by atoms with Crippen LogP contribution in [0.1, 0.15) is 58.7 Å². The highest BCUT2D eigenvalue weighted by Gasteiger charge is 2.38. The van der Waals surface area contributed by atoms with Crippen LogP contribution < -0.4 is 10.6 Å². The molecular formula is C21H33N5O3S. The lowest BCUT2D eigenvalue weighted by Gasteiger charge is -2.44. The Morgan fingerprint density at radius 2 is 1.80 bits per heavy atom. The van der Waals surface area contributed by atoms with Crippen LogP contribution >= 0.6 is 12.2 Å². The Hall–Kier alpha value is -1.84. The number of carbonyl (C=O) groups is 1. The number of nitrogens with two attached hydrogens (primary N) is 1. The molecule has 0 aromatic carbocycles. The average molecular weight is 436 g/mol. The quantitative estimate of drug-likeness (QED) is 0.527. The van der Waals surface area contributed by atoms with Crippen molar-refractivity contribution in [3.63, 3.8) is 0 Å². The number of rotatable bonds is 5. The van der Waals surface area contributed by atoms with Crippen molar-refractivity contribution >= 4 is 28.9 Å². The lowest BCUT2D eigenvalue weighted by atomic mass is 9.79. The van der Waals surface area contributed by atoms with Crippen molar-refractivity contribution in [2.24, 2.45) is 5.73 Å². The zero-order valence-electron chi connectivity index (χ0n) is 18.1. The third kappa shape index (κ3) is 6.09. The van der Waals surface area contributed by atoms with Crippen LogP contribution in [0.2, 0.25) is 0 Å². The lowest BCUT2D eigenvalue weighted by Crippen LogP contribution is -2.53. The molecule has 0 amide bonds. The van der Waals surface area contributed by atoms with Crippen molar-refractivity contribution in [1.29, 1.82) is 0 Å². The summed E-state index contributed by atoms with van der Waals surface area (Å²) in [4.78, 5) is 25.5. The zero-order chi connectivity index (χ0) is 21.9. The van der Waals surface area contributed by atoms with Crippen LogP contribution in [0.5, 0.6) is 0 Å². The Labute approximate surface area is 183 Å². The van der Waals surface area contributed by atoms with Crippen molar-refractivity contribution < 1.29 is 14.6 Å². The number of esters is 1. The van der Waals surface area contributed by atoms with Crippen LogP contribution in [0.4, 0.5) is 5.69 Å². The van der Waals surface area contributed by atoms with Gasteiger partial charge in [0.2, 0.25) is 0 Å². The normalized spacial score (nSPS) is 25.7. The van der Waals surface area contributed by atoms with Gasteiger partial charge in [-0.15, -0.1) is 0 Å². The maximum absolute atomic E-state index is 12.1. The van der Waals surface area contributed by atoms with Gasteiger partial charge in [-0.05, 0) is 46.5 Å². The first-order valence-electron chi connectivity index (χ1n) is 10.6. The van der Waals surface area contributed by atoms with Gasteiger partial charge in [0, 0.05) is 32.2 Å². The van der Waals surface area contributed by atoms with E-state index in [0.717, 1.165) is 44.7 Å². The van der Waals surface area contributed by atoms with Crippen LogP contribution in [0.25, 0.3) is 0 Å². The molecule has 3 rings (SSSR count). The van der Waals surface area contributed by atoms with Gasteiger partial charge in [-0.25, -0.2) is 9.97 Å².